The average Bonchev–Trinajstić information content (AvgIpc) is 2.61. The maximum atomic E-state index is 11.7. The van der Waals surface area contributed by atoms with E-state index in [2.05, 4.69) is 27.3 Å². The molecule has 0 amide bonds. The highest BCUT2D eigenvalue weighted by Crippen LogP contribution is 2.31. The van der Waals surface area contributed by atoms with Gasteiger partial charge in [0.2, 0.25) is 10.0 Å². The Morgan fingerprint density at radius 1 is 1.21 bits per heavy atom. The lowest BCUT2D eigenvalue weighted by Gasteiger charge is -2.42. The van der Waals surface area contributed by atoms with E-state index in [-0.39, 0.29) is 0 Å². The number of rotatable bonds is 4. The van der Waals surface area contributed by atoms with Crippen molar-refractivity contribution in [1.29, 1.82) is 0 Å². The van der Waals surface area contributed by atoms with Crippen LogP contribution in [0.1, 0.15) is 37.2 Å². The molecule has 0 aliphatic carbocycles. The number of nitrogens with one attached hydrogen (secondary N) is 1. The summed E-state index contributed by atoms with van der Waals surface area (Å²) < 4.78 is 25.0. The Morgan fingerprint density at radius 3 is 2.62 bits per heavy atom. The molecule has 24 heavy (non-hydrogen) atoms. The van der Waals surface area contributed by atoms with Gasteiger partial charge in [-0.2, -0.15) is 0 Å². The minimum atomic E-state index is -3.04. The van der Waals surface area contributed by atoms with Crippen LogP contribution in [0.3, 0.4) is 0 Å². The molecule has 3 heterocycles. The number of anilines is 1. The van der Waals surface area contributed by atoms with E-state index in [1.54, 1.807) is 4.31 Å². The first-order valence-electron chi connectivity index (χ1n) is 8.80. The monoisotopic (exact) mass is 352 g/mol. The Hall–Kier alpha value is -1.18. The molecule has 0 bridgehead atoms. The van der Waals surface area contributed by atoms with Gasteiger partial charge in [0.05, 0.1) is 6.26 Å². The molecule has 2 aliphatic rings. The van der Waals surface area contributed by atoms with Crippen LogP contribution in [-0.4, -0.2) is 68.1 Å². The van der Waals surface area contributed by atoms with Crippen LogP contribution in [-0.2, 0) is 10.0 Å². The average molecular weight is 353 g/mol. The highest BCUT2D eigenvalue weighted by molar-refractivity contribution is 7.88. The zero-order valence-corrected chi connectivity index (χ0v) is 15.4. The fourth-order valence-electron chi connectivity index (χ4n) is 3.99. The summed E-state index contributed by atoms with van der Waals surface area (Å²) in [5.74, 6) is 1.47. The molecule has 2 fully saturated rings. The third-order valence-electron chi connectivity index (χ3n) is 5.37. The van der Waals surface area contributed by atoms with E-state index in [1.807, 2.05) is 13.2 Å². The molecule has 0 unspecified atom stereocenters. The SMILES string of the molecule is CNc1cc([C@H]2CCCN(C3CCN(S(C)(=O)=O)CC3)C2)ccn1. The van der Waals surface area contributed by atoms with E-state index >= 15 is 0 Å². The second-order valence-electron chi connectivity index (χ2n) is 6.95. The van der Waals surface area contributed by atoms with E-state index in [9.17, 15) is 8.42 Å². The Labute approximate surface area is 145 Å². The smallest absolute Gasteiger partial charge is 0.211 e. The molecular weight excluding hydrogens is 324 g/mol. The number of piperidine rings is 2. The number of nitrogens with zero attached hydrogens (tertiary/aromatic N) is 3. The van der Waals surface area contributed by atoms with Crippen LogP contribution >= 0.6 is 0 Å². The molecule has 0 radical (unpaired) electrons. The summed E-state index contributed by atoms with van der Waals surface area (Å²) in [6.45, 7) is 3.51. The molecule has 1 aromatic heterocycles. The maximum absolute atomic E-state index is 11.7. The first-order valence-corrected chi connectivity index (χ1v) is 10.6. The van der Waals surface area contributed by atoms with Crippen molar-refractivity contribution in [3.8, 4) is 0 Å². The lowest BCUT2D eigenvalue weighted by molar-refractivity contribution is 0.107. The zero-order valence-electron chi connectivity index (χ0n) is 14.6. The fourth-order valence-corrected chi connectivity index (χ4v) is 4.86. The Morgan fingerprint density at radius 2 is 1.96 bits per heavy atom. The van der Waals surface area contributed by atoms with Gasteiger partial charge < -0.3 is 5.32 Å². The number of hydrogen-bond donors (Lipinski definition) is 1. The summed E-state index contributed by atoms with van der Waals surface area (Å²) in [6, 6.07) is 4.79. The first-order chi connectivity index (χ1) is 11.5. The summed E-state index contributed by atoms with van der Waals surface area (Å²) in [7, 11) is -1.14. The highest BCUT2D eigenvalue weighted by atomic mass is 32.2. The lowest BCUT2D eigenvalue weighted by Crippen LogP contribution is -2.49. The number of likely N-dealkylation sites (tertiary alicyclic amines) is 1. The van der Waals surface area contributed by atoms with Crippen molar-refractivity contribution in [2.24, 2.45) is 0 Å². The van der Waals surface area contributed by atoms with Crippen LogP contribution in [0.25, 0.3) is 0 Å². The summed E-state index contributed by atoms with van der Waals surface area (Å²) >= 11 is 0. The predicted molar refractivity (Wildman–Crippen MR) is 96.8 cm³/mol. The largest absolute Gasteiger partial charge is 0.373 e. The lowest BCUT2D eigenvalue weighted by atomic mass is 9.89. The molecule has 7 heteroatoms. The normalized spacial score (nSPS) is 24.8. The van der Waals surface area contributed by atoms with Gasteiger partial charge in [-0.1, -0.05) is 0 Å². The summed E-state index contributed by atoms with van der Waals surface area (Å²) in [4.78, 5) is 6.88. The molecule has 134 valence electrons. The van der Waals surface area contributed by atoms with Gasteiger partial charge in [-0.25, -0.2) is 17.7 Å². The Balaban J connectivity index is 1.62. The van der Waals surface area contributed by atoms with Crippen LogP contribution in [0.2, 0.25) is 0 Å². The van der Waals surface area contributed by atoms with Gasteiger partial charge in [0.1, 0.15) is 5.82 Å². The van der Waals surface area contributed by atoms with Crippen LogP contribution in [0.15, 0.2) is 18.3 Å². The van der Waals surface area contributed by atoms with E-state index in [0.29, 0.717) is 25.0 Å². The number of pyridine rings is 1. The predicted octanol–water partition coefficient (Wildman–Crippen LogP) is 1.73. The molecule has 1 aromatic rings. The molecule has 0 spiro atoms. The fraction of sp³-hybridized carbons (Fsp3) is 0.706. The third kappa shape index (κ3) is 4.07. The van der Waals surface area contributed by atoms with Crippen molar-refractivity contribution in [2.45, 2.75) is 37.6 Å². The second-order valence-corrected chi connectivity index (χ2v) is 8.93. The summed E-state index contributed by atoms with van der Waals surface area (Å²) in [5, 5.41) is 3.11. The van der Waals surface area contributed by atoms with Crippen LogP contribution in [0.5, 0.6) is 0 Å². The van der Waals surface area contributed by atoms with Crippen LogP contribution in [0.4, 0.5) is 5.82 Å². The molecule has 3 rings (SSSR count). The number of sulfonamides is 1. The first kappa shape index (κ1) is 17.6. The van der Waals surface area contributed by atoms with Crippen LogP contribution in [0, 0.1) is 0 Å². The molecule has 6 nitrogen and oxygen atoms in total. The number of hydrogen-bond acceptors (Lipinski definition) is 5. The maximum Gasteiger partial charge on any atom is 0.211 e. The van der Waals surface area contributed by atoms with Gasteiger partial charge >= 0.3 is 0 Å². The van der Waals surface area contributed by atoms with Gasteiger partial charge in [-0.3, -0.25) is 4.90 Å². The van der Waals surface area contributed by atoms with E-state index in [0.717, 1.165) is 31.7 Å². The van der Waals surface area contributed by atoms with Crippen molar-refractivity contribution in [3.63, 3.8) is 0 Å². The quantitative estimate of drug-likeness (QED) is 0.894. The molecule has 2 aliphatic heterocycles. The topological polar surface area (TPSA) is 65.5 Å². The highest BCUT2D eigenvalue weighted by Gasteiger charge is 2.31. The van der Waals surface area contributed by atoms with Crippen molar-refractivity contribution in [3.05, 3.63) is 23.9 Å². The Bertz CT molecular complexity index is 656. The van der Waals surface area contributed by atoms with Crippen LogP contribution < -0.4 is 5.32 Å². The summed E-state index contributed by atoms with van der Waals surface area (Å²) in [6.07, 6.45) is 7.49. The minimum absolute atomic E-state index is 0.511. The van der Waals surface area contributed by atoms with E-state index in [4.69, 9.17) is 0 Å². The molecule has 0 saturated carbocycles. The van der Waals surface area contributed by atoms with E-state index in [1.165, 1.54) is 24.7 Å². The minimum Gasteiger partial charge on any atom is -0.373 e. The van der Waals surface area contributed by atoms with Crippen molar-refractivity contribution in [1.82, 2.24) is 14.2 Å². The molecule has 0 aromatic carbocycles. The molecule has 2 saturated heterocycles. The van der Waals surface area contributed by atoms with Gasteiger partial charge in [0, 0.05) is 38.9 Å². The molecule has 1 N–H and O–H groups in total. The number of aromatic nitrogens is 1. The molecular formula is C17H28N4O2S. The standard InChI is InChI=1S/C17H28N4O2S/c1-18-17-12-14(5-8-19-17)15-4-3-9-20(13-15)16-6-10-21(11-7-16)24(2,22)23/h5,8,12,15-16H,3-4,6-7,9-11,13H2,1-2H3,(H,18,19)/t15-/m0/s1. The summed E-state index contributed by atoms with van der Waals surface area (Å²) in [5.41, 5.74) is 1.35. The van der Waals surface area contributed by atoms with Gasteiger partial charge in [0.15, 0.2) is 0 Å². The van der Waals surface area contributed by atoms with Gasteiger partial charge in [-0.15, -0.1) is 0 Å². The van der Waals surface area contributed by atoms with Crippen molar-refractivity contribution in [2.75, 3.05) is 44.8 Å². The van der Waals surface area contributed by atoms with Gasteiger partial charge in [0.25, 0.3) is 0 Å². The second kappa shape index (κ2) is 7.37. The third-order valence-corrected chi connectivity index (χ3v) is 6.68. The van der Waals surface area contributed by atoms with E-state index < -0.39 is 10.0 Å². The van der Waals surface area contributed by atoms with Crippen molar-refractivity contribution < 1.29 is 8.42 Å². The Kier molecular flexibility index (Phi) is 5.42. The zero-order chi connectivity index (χ0) is 17.2. The van der Waals surface area contributed by atoms with Gasteiger partial charge in [-0.05, 0) is 55.8 Å². The van der Waals surface area contributed by atoms with Crippen molar-refractivity contribution >= 4 is 15.8 Å². The molecule has 1 atom stereocenters.